The van der Waals surface area contributed by atoms with Crippen LogP contribution in [0.3, 0.4) is 0 Å². The predicted octanol–water partition coefficient (Wildman–Crippen LogP) is 9.23. The smallest absolute Gasteiger partial charge is 0.338 e. The molecule has 1 saturated heterocycles. The van der Waals surface area contributed by atoms with Crippen molar-refractivity contribution in [1.82, 2.24) is 19.4 Å². The molecule has 3 fully saturated rings. The molecule has 20 nitrogen and oxygen atoms in total. The number of Topliss-reactive ketones (excluding diaryl/α,β-unsaturated/α-hetero) is 1. The van der Waals surface area contributed by atoms with Crippen LogP contribution < -0.4 is 16.6 Å². The Labute approximate surface area is 563 Å². The maximum Gasteiger partial charge on any atom is 0.338 e. The summed E-state index contributed by atoms with van der Waals surface area (Å²) in [7, 11) is 3.68. The summed E-state index contributed by atoms with van der Waals surface area (Å²) >= 11 is 12.4. The first kappa shape index (κ1) is 68.3. The first-order valence-electron chi connectivity index (χ1n) is 31.2. The first-order valence-corrected chi connectivity index (χ1v) is 31.9. The van der Waals surface area contributed by atoms with Gasteiger partial charge in [-0.1, -0.05) is 134 Å². The number of amides is 1. The zero-order chi connectivity index (χ0) is 69.0. The Kier molecular flexibility index (Phi) is 18.8. The van der Waals surface area contributed by atoms with Gasteiger partial charge in [0.25, 0.3) is 11.5 Å². The summed E-state index contributed by atoms with van der Waals surface area (Å²) in [5.74, 6) is -6.84. The van der Waals surface area contributed by atoms with E-state index in [1.165, 1.54) is 26.0 Å². The van der Waals surface area contributed by atoms with Crippen LogP contribution in [0.5, 0.6) is 0 Å². The van der Waals surface area contributed by atoms with E-state index in [9.17, 15) is 44.1 Å². The number of benzene rings is 6. The minimum atomic E-state index is -2.39. The fourth-order valence-corrected chi connectivity index (χ4v) is 15.0. The number of nitrogens with zero attached hydrogens (tertiary/aromatic N) is 3. The maximum atomic E-state index is 15.5. The lowest BCUT2D eigenvalue weighted by molar-refractivity contribution is -0.346. The Hall–Kier alpha value is -9.12. The van der Waals surface area contributed by atoms with Gasteiger partial charge in [-0.2, -0.15) is 0 Å². The lowest BCUT2D eigenvalue weighted by Gasteiger charge is -2.67. The lowest BCUT2D eigenvalue weighted by atomic mass is 9.44. The number of ether oxygens (including phenoxy) is 5. The van der Waals surface area contributed by atoms with Crippen molar-refractivity contribution in [2.45, 2.75) is 114 Å². The van der Waals surface area contributed by atoms with E-state index in [4.69, 9.17) is 52.6 Å². The Bertz CT molecular complexity index is 4430. The quantitative estimate of drug-likeness (QED) is 0.0385. The van der Waals surface area contributed by atoms with Crippen molar-refractivity contribution in [3.63, 3.8) is 0 Å². The second kappa shape index (κ2) is 26.5. The molecule has 1 unspecified atom stereocenters. The van der Waals surface area contributed by atoms with Gasteiger partial charge in [-0.05, 0) is 113 Å². The maximum absolute atomic E-state index is 15.5. The number of halogens is 2. The minimum Gasteiger partial charge on any atom is -0.456 e. The summed E-state index contributed by atoms with van der Waals surface area (Å²) in [4.78, 5) is 101. The highest BCUT2D eigenvalue weighted by Crippen LogP contribution is 2.64. The Morgan fingerprint density at radius 3 is 2.00 bits per heavy atom. The number of aliphatic hydroxyl groups excluding tert-OH is 2. The number of nitrogens with one attached hydrogen (secondary N) is 1. The minimum absolute atomic E-state index is 0.00289. The van der Waals surface area contributed by atoms with Crippen LogP contribution in [0.2, 0.25) is 10.0 Å². The van der Waals surface area contributed by atoms with E-state index in [2.05, 4.69) is 10.3 Å². The number of nitrogens with two attached hydrogens (primary N) is 1. The molecular formula is C74H73Cl2N5O15. The third kappa shape index (κ3) is 12.0. The summed E-state index contributed by atoms with van der Waals surface area (Å²) < 4.78 is 33.8. The summed E-state index contributed by atoms with van der Waals surface area (Å²) in [5.41, 5.74) is 4.12. The Balaban J connectivity index is 0.000000231. The number of hydrogen-bond donors (Lipinski definition) is 5. The molecule has 6 N–H and O–H groups in total. The fourth-order valence-electron chi connectivity index (χ4n) is 14.7. The molecule has 1 amide bonds. The van der Waals surface area contributed by atoms with Crippen molar-refractivity contribution in [3.05, 3.63) is 241 Å². The molecule has 96 heavy (non-hydrogen) atoms. The molecule has 498 valence electrons. The number of carbonyl (C=O) groups excluding carboxylic acids is 6. The van der Waals surface area contributed by atoms with Gasteiger partial charge in [0.15, 0.2) is 23.6 Å². The van der Waals surface area contributed by atoms with Gasteiger partial charge in [0.2, 0.25) is 0 Å². The molecule has 12 rings (SSSR count). The highest BCUT2D eigenvalue weighted by atomic mass is 35.5. The Morgan fingerprint density at radius 1 is 0.771 bits per heavy atom. The first-order chi connectivity index (χ1) is 45.6. The van der Waals surface area contributed by atoms with Crippen molar-refractivity contribution >= 4 is 69.7 Å². The van der Waals surface area contributed by atoms with Crippen molar-refractivity contribution in [1.29, 1.82) is 0 Å². The van der Waals surface area contributed by atoms with Crippen LogP contribution in [0.4, 0.5) is 0 Å². The molecule has 4 aliphatic rings. The largest absolute Gasteiger partial charge is 0.456 e. The normalized spacial score (nSPS) is 25.2. The number of esters is 4. The second-order valence-corrected chi connectivity index (χ2v) is 26.6. The zero-order valence-electron chi connectivity index (χ0n) is 53.9. The van der Waals surface area contributed by atoms with Crippen LogP contribution in [-0.2, 0) is 62.5 Å². The molecule has 0 radical (unpaired) electrons. The molecule has 3 heterocycles. The molecule has 2 saturated carbocycles. The number of rotatable bonds is 14. The van der Waals surface area contributed by atoms with E-state index in [-0.39, 0.29) is 40.9 Å². The van der Waals surface area contributed by atoms with Crippen LogP contribution in [0, 0.1) is 16.7 Å². The number of aromatic nitrogens is 3. The summed E-state index contributed by atoms with van der Waals surface area (Å²) in [6.07, 6.45) is -7.01. The summed E-state index contributed by atoms with van der Waals surface area (Å²) in [6.45, 7) is 7.97. The molecule has 22 heteroatoms. The van der Waals surface area contributed by atoms with Gasteiger partial charge in [0, 0.05) is 73.3 Å². The van der Waals surface area contributed by atoms with Crippen molar-refractivity contribution < 1.29 is 67.8 Å². The number of imidazole rings is 1. The van der Waals surface area contributed by atoms with E-state index in [1.807, 2.05) is 78.3 Å². The second-order valence-electron chi connectivity index (χ2n) is 25.8. The number of fused-ring (bicyclic) bond motifs is 6. The van der Waals surface area contributed by atoms with Gasteiger partial charge >= 0.3 is 23.9 Å². The van der Waals surface area contributed by atoms with Gasteiger partial charge < -0.3 is 59.2 Å². The fraction of sp³-hybridized carbons (Fsp3) is 0.324. The van der Waals surface area contributed by atoms with Crippen LogP contribution in [0.1, 0.15) is 104 Å². The molecule has 0 spiro atoms. The van der Waals surface area contributed by atoms with E-state index in [0.29, 0.717) is 15.6 Å². The molecule has 6 aromatic carbocycles. The summed E-state index contributed by atoms with van der Waals surface area (Å²) in [6, 6.07) is 45.5. The molecule has 2 aromatic heterocycles. The average molecular weight is 1340 g/mol. The highest BCUT2D eigenvalue weighted by Gasteiger charge is 2.78. The zero-order valence-corrected chi connectivity index (χ0v) is 55.4. The van der Waals surface area contributed by atoms with E-state index in [1.54, 1.807) is 123 Å². The van der Waals surface area contributed by atoms with Crippen LogP contribution in [-0.4, -0.2) is 119 Å². The van der Waals surface area contributed by atoms with Crippen LogP contribution in [0.25, 0.3) is 22.0 Å². The number of ketones is 1. The van der Waals surface area contributed by atoms with Gasteiger partial charge in [-0.15, -0.1) is 0 Å². The van der Waals surface area contributed by atoms with Crippen LogP contribution >= 0.6 is 23.2 Å². The molecule has 12 atom stereocenters. The molecule has 8 aromatic rings. The highest BCUT2D eigenvalue weighted by molar-refractivity contribution is 6.31. The standard InChI is InChI=1S/C47H51NO14.C27H22Cl2N4O/c1-25-31(60-43(56)36(52)35(28-16-10-7-11-17-28)48-41(54)29-18-12-8-13-19-29)23-47(57)40(61-42(55)30-20-14-9-15-21-30)38-45(6,32(51)22-33-46(38,24-58-33)62-27(3)50)39(53)37(59-26(2)49)34(25)44(47,4)5;1-32-16-31-15-25(32)27(30,18-6-9-20(28)10-7-18)19-8-11-24-23(13-19)22(14-26(34)33(24)2)17-4-3-5-21(29)12-17/h7-21,31-33,35-38,40,51-52,57H,22-24H2,1-6H3,(H,48,54);3-16H,30H2,1-2H3/t31-,32-,33+,35-,36+,37+,38-,40-,45+,46-,47+;/m0./s1. The average Bonchev–Trinajstić information content (AvgIpc) is 0.743. The van der Waals surface area contributed by atoms with Crippen LogP contribution in [0.15, 0.2) is 192 Å². The van der Waals surface area contributed by atoms with Crippen molar-refractivity contribution in [3.8, 4) is 11.1 Å². The van der Waals surface area contributed by atoms with Gasteiger partial charge in [0.1, 0.15) is 29.5 Å². The third-order valence-electron chi connectivity index (χ3n) is 19.8. The topological polar surface area (TPSA) is 287 Å². The number of aryl methyl sites for hydroxylation is 2. The third-order valence-corrected chi connectivity index (χ3v) is 20.3. The Morgan fingerprint density at radius 2 is 1.41 bits per heavy atom. The monoisotopic (exact) mass is 1340 g/mol. The molecule has 1 aliphatic heterocycles. The van der Waals surface area contributed by atoms with Gasteiger partial charge in [0.05, 0.1) is 59.4 Å². The molecule has 3 aliphatic carbocycles. The molecule has 2 bridgehead atoms. The summed E-state index contributed by atoms with van der Waals surface area (Å²) in [5, 5.41) is 42.4. The van der Waals surface area contributed by atoms with E-state index >= 15 is 4.79 Å². The number of carbonyl (C=O) groups is 6. The van der Waals surface area contributed by atoms with E-state index < -0.39 is 118 Å². The van der Waals surface area contributed by atoms with Crippen molar-refractivity contribution in [2.75, 3.05) is 6.61 Å². The van der Waals surface area contributed by atoms with Crippen molar-refractivity contribution in [2.24, 2.45) is 36.6 Å². The van der Waals surface area contributed by atoms with Gasteiger partial charge in [-0.25, -0.2) is 14.6 Å². The number of pyridine rings is 1. The van der Waals surface area contributed by atoms with E-state index in [0.717, 1.165) is 52.7 Å². The predicted molar refractivity (Wildman–Crippen MR) is 356 cm³/mol. The molecular weight excluding hydrogens is 1270 g/mol. The lowest BCUT2D eigenvalue weighted by Crippen LogP contribution is -2.82. The van der Waals surface area contributed by atoms with Gasteiger partial charge in [-0.3, -0.25) is 24.0 Å². The number of aliphatic hydroxyl groups is 3. The number of hydrogen-bond acceptors (Lipinski definition) is 17. The SMILES string of the molecule is CC(=O)O[C@H]1C(=O)[C@@]2(C)[C@H]([C@H](OC(=O)c3ccccc3)[C@]3(O)C[C@H](OC(=O)[C@H](O)[C@@H](NC(=O)c4ccccc4)c4ccccc4)C(C)=C1C3(C)C)[C@]1(OC(C)=O)CO[C@@H]1C[C@@H]2O.Cn1cncc1C(N)(c1ccc(Cl)cc1)c1ccc2c(c1)c(-c1cccc(Cl)c1)cc(=O)n2C.